The molecule has 0 fully saturated rings. The number of nitrogens with zero attached hydrogens (tertiary/aromatic N) is 3. The zero-order valence-corrected chi connectivity index (χ0v) is 15.1. The Labute approximate surface area is 159 Å². The van der Waals surface area contributed by atoms with Gasteiger partial charge in [-0.05, 0) is 24.6 Å². The summed E-state index contributed by atoms with van der Waals surface area (Å²) in [6.45, 7) is 0.418. The van der Waals surface area contributed by atoms with Crippen LogP contribution in [0.4, 0.5) is 19.0 Å². The molecule has 0 aliphatic rings. The molecule has 0 bridgehead atoms. The van der Waals surface area contributed by atoms with Gasteiger partial charge in [0.1, 0.15) is 0 Å². The Bertz CT molecular complexity index is 985. The number of benzene rings is 1. The fourth-order valence-corrected chi connectivity index (χ4v) is 2.54. The van der Waals surface area contributed by atoms with Crippen LogP contribution in [0, 0.1) is 6.92 Å². The first-order valence-electron chi connectivity index (χ1n) is 8.29. The highest BCUT2D eigenvalue weighted by Crippen LogP contribution is 2.25. The predicted octanol–water partition coefficient (Wildman–Crippen LogP) is 4.00. The van der Waals surface area contributed by atoms with E-state index in [1.807, 2.05) is 19.1 Å². The van der Waals surface area contributed by atoms with E-state index < -0.39 is 12.8 Å². The summed E-state index contributed by atoms with van der Waals surface area (Å²) in [5.74, 6) is -0.00628. The maximum atomic E-state index is 12.7. The Morgan fingerprint density at radius 2 is 1.96 bits per heavy atom. The lowest BCUT2D eigenvalue weighted by Gasteiger charge is -2.15. The number of alkyl halides is 3. The molecule has 1 amide bonds. The Kier molecular flexibility index (Phi) is 5.34. The number of hydrogen-bond donors (Lipinski definition) is 1. The summed E-state index contributed by atoms with van der Waals surface area (Å²) in [5.41, 5.74) is 2.44. The van der Waals surface area contributed by atoms with E-state index in [-0.39, 0.29) is 11.8 Å². The first kappa shape index (κ1) is 19.4. The second-order valence-corrected chi connectivity index (χ2v) is 6.11. The van der Waals surface area contributed by atoms with Gasteiger partial charge < -0.3 is 4.74 Å². The number of aromatic amines is 1. The van der Waals surface area contributed by atoms with Crippen LogP contribution in [0.15, 0.2) is 48.7 Å². The number of nitrogens with one attached hydrogen (secondary N) is 1. The van der Waals surface area contributed by atoms with Crippen LogP contribution in [-0.2, 0) is 0 Å². The van der Waals surface area contributed by atoms with Crippen LogP contribution in [-0.4, -0.2) is 40.9 Å². The average molecular weight is 390 g/mol. The minimum atomic E-state index is -4.45. The van der Waals surface area contributed by atoms with Gasteiger partial charge in [-0.3, -0.25) is 14.8 Å². The molecule has 2 aromatic heterocycles. The van der Waals surface area contributed by atoms with Crippen molar-refractivity contribution in [1.29, 1.82) is 0 Å². The Morgan fingerprint density at radius 1 is 1.21 bits per heavy atom. The van der Waals surface area contributed by atoms with E-state index in [0.29, 0.717) is 22.6 Å². The van der Waals surface area contributed by atoms with Crippen LogP contribution >= 0.6 is 0 Å². The van der Waals surface area contributed by atoms with Gasteiger partial charge in [0.05, 0.1) is 5.69 Å². The van der Waals surface area contributed by atoms with Crippen LogP contribution in [0.5, 0.6) is 5.88 Å². The monoisotopic (exact) mass is 390 g/mol. The minimum Gasteiger partial charge on any atom is -0.468 e. The minimum absolute atomic E-state index is 0.157. The number of aromatic nitrogens is 3. The lowest BCUT2D eigenvalue weighted by molar-refractivity contribution is -0.154. The third-order valence-corrected chi connectivity index (χ3v) is 4.02. The summed E-state index contributed by atoms with van der Waals surface area (Å²) in [6, 6.07) is 11.8. The van der Waals surface area contributed by atoms with Gasteiger partial charge in [0.2, 0.25) is 5.88 Å². The van der Waals surface area contributed by atoms with Crippen molar-refractivity contribution in [2.75, 3.05) is 18.6 Å². The van der Waals surface area contributed by atoms with E-state index in [1.165, 1.54) is 17.2 Å². The number of pyridine rings is 1. The van der Waals surface area contributed by atoms with Crippen molar-refractivity contribution in [2.24, 2.45) is 0 Å². The molecule has 0 aliphatic heterocycles. The molecular formula is C19H17F3N4O2. The number of rotatable bonds is 5. The Balaban J connectivity index is 1.78. The molecule has 0 saturated heterocycles. The van der Waals surface area contributed by atoms with Crippen LogP contribution in [0.2, 0.25) is 0 Å². The van der Waals surface area contributed by atoms with Gasteiger partial charge in [0.25, 0.3) is 5.91 Å². The number of halogens is 3. The highest BCUT2D eigenvalue weighted by Gasteiger charge is 2.28. The van der Waals surface area contributed by atoms with Crippen LogP contribution in [0.3, 0.4) is 0 Å². The third-order valence-electron chi connectivity index (χ3n) is 4.02. The Morgan fingerprint density at radius 3 is 2.68 bits per heavy atom. The molecule has 1 N–H and O–H groups in total. The van der Waals surface area contributed by atoms with Gasteiger partial charge >= 0.3 is 6.18 Å². The lowest BCUT2D eigenvalue weighted by atomic mass is 10.1. The predicted molar refractivity (Wildman–Crippen MR) is 97.3 cm³/mol. The van der Waals surface area contributed by atoms with Crippen molar-refractivity contribution in [3.63, 3.8) is 0 Å². The highest BCUT2D eigenvalue weighted by molar-refractivity contribution is 6.06. The van der Waals surface area contributed by atoms with Crippen LogP contribution < -0.4 is 9.64 Å². The smallest absolute Gasteiger partial charge is 0.422 e. The third kappa shape index (κ3) is 4.48. The number of ether oxygens (including phenoxy) is 1. The fraction of sp³-hybridized carbons (Fsp3) is 0.211. The lowest BCUT2D eigenvalue weighted by Crippen LogP contribution is -2.27. The quantitative estimate of drug-likeness (QED) is 0.715. The van der Waals surface area contributed by atoms with E-state index >= 15 is 0 Å². The van der Waals surface area contributed by atoms with Gasteiger partial charge in [-0.15, -0.1) is 0 Å². The van der Waals surface area contributed by atoms with Crippen molar-refractivity contribution in [2.45, 2.75) is 13.1 Å². The normalized spacial score (nSPS) is 11.3. The second kappa shape index (κ2) is 7.71. The van der Waals surface area contributed by atoms with E-state index in [4.69, 9.17) is 0 Å². The molecule has 2 heterocycles. The molecule has 0 aliphatic carbocycles. The molecule has 0 saturated carbocycles. The molecule has 3 aromatic rings. The van der Waals surface area contributed by atoms with Crippen molar-refractivity contribution in [3.05, 3.63) is 59.8 Å². The number of hydrogen-bond acceptors (Lipinski definition) is 4. The summed E-state index contributed by atoms with van der Waals surface area (Å²) < 4.78 is 41.5. The summed E-state index contributed by atoms with van der Waals surface area (Å²) >= 11 is 0. The molecule has 0 unspecified atom stereocenters. The van der Waals surface area contributed by atoms with Crippen molar-refractivity contribution >= 4 is 11.7 Å². The zero-order chi connectivity index (χ0) is 20.3. The molecule has 3 rings (SSSR count). The number of aryl methyl sites for hydroxylation is 1. The van der Waals surface area contributed by atoms with Gasteiger partial charge in [-0.2, -0.15) is 18.3 Å². The molecule has 9 heteroatoms. The van der Waals surface area contributed by atoms with Gasteiger partial charge in [0.15, 0.2) is 12.4 Å². The summed E-state index contributed by atoms with van der Waals surface area (Å²) in [5, 5.41) is 6.90. The van der Waals surface area contributed by atoms with E-state index in [2.05, 4.69) is 19.9 Å². The maximum absolute atomic E-state index is 12.7. The number of anilines is 1. The van der Waals surface area contributed by atoms with Crippen molar-refractivity contribution in [3.8, 4) is 17.1 Å². The van der Waals surface area contributed by atoms with Crippen LogP contribution in [0.25, 0.3) is 11.3 Å². The van der Waals surface area contributed by atoms with Gasteiger partial charge in [-0.1, -0.05) is 18.2 Å². The number of carbonyl (C=O) groups is 1. The molecule has 0 radical (unpaired) electrons. The summed E-state index contributed by atoms with van der Waals surface area (Å²) in [4.78, 5) is 17.8. The maximum Gasteiger partial charge on any atom is 0.422 e. The molecule has 28 heavy (non-hydrogen) atoms. The number of carbonyl (C=O) groups excluding carboxylic acids is 1. The van der Waals surface area contributed by atoms with E-state index in [0.717, 1.165) is 5.56 Å². The van der Waals surface area contributed by atoms with Crippen molar-refractivity contribution < 1.29 is 22.7 Å². The SMILES string of the molecule is Cc1ccccc1C(=O)N(C)c1cc(-c2ccnc(OCC(F)(F)F)c2)[nH]n1. The Hall–Kier alpha value is -3.36. The molecule has 6 nitrogen and oxygen atoms in total. The number of H-pyrrole nitrogens is 1. The molecule has 146 valence electrons. The zero-order valence-electron chi connectivity index (χ0n) is 15.1. The fourth-order valence-electron chi connectivity index (χ4n) is 2.54. The second-order valence-electron chi connectivity index (χ2n) is 6.11. The summed E-state index contributed by atoms with van der Waals surface area (Å²) in [7, 11) is 1.60. The van der Waals surface area contributed by atoms with Crippen LogP contribution in [0.1, 0.15) is 15.9 Å². The number of amides is 1. The highest BCUT2D eigenvalue weighted by atomic mass is 19.4. The molecular weight excluding hydrogens is 373 g/mol. The van der Waals surface area contributed by atoms with Gasteiger partial charge in [0, 0.05) is 36.5 Å². The molecule has 0 atom stereocenters. The molecule has 1 aromatic carbocycles. The van der Waals surface area contributed by atoms with Gasteiger partial charge in [-0.25, -0.2) is 4.98 Å². The largest absolute Gasteiger partial charge is 0.468 e. The average Bonchev–Trinajstić information content (AvgIpc) is 3.15. The first-order valence-corrected chi connectivity index (χ1v) is 8.29. The van der Waals surface area contributed by atoms with Crippen molar-refractivity contribution in [1.82, 2.24) is 15.2 Å². The first-order chi connectivity index (χ1) is 13.2. The topological polar surface area (TPSA) is 71.1 Å². The van der Waals surface area contributed by atoms with E-state index in [1.54, 1.807) is 31.3 Å². The van der Waals surface area contributed by atoms with E-state index in [9.17, 15) is 18.0 Å². The summed E-state index contributed by atoms with van der Waals surface area (Å²) in [6.07, 6.45) is -3.11. The molecule has 0 spiro atoms. The standard InChI is InChI=1S/C19H17F3N4O2/c1-12-5-3-4-6-14(12)18(27)26(2)16-10-15(24-25-16)13-7-8-23-17(9-13)28-11-19(20,21)22/h3-10H,11H2,1-2H3,(H,24,25).